The zero-order chi connectivity index (χ0) is 21.5. The summed E-state index contributed by atoms with van der Waals surface area (Å²) in [4.78, 5) is 39.8. The van der Waals surface area contributed by atoms with Gasteiger partial charge < -0.3 is 10.6 Å². The van der Waals surface area contributed by atoms with Gasteiger partial charge in [-0.15, -0.1) is 11.3 Å². The summed E-state index contributed by atoms with van der Waals surface area (Å²) in [6.07, 6.45) is 0.611. The largest absolute Gasteiger partial charge is 0.326 e. The van der Waals surface area contributed by atoms with E-state index in [0.717, 1.165) is 0 Å². The Morgan fingerprint density at radius 3 is 2.40 bits per heavy atom. The van der Waals surface area contributed by atoms with Crippen molar-refractivity contribution in [2.24, 2.45) is 0 Å². The van der Waals surface area contributed by atoms with Gasteiger partial charge in [0.25, 0.3) is 5.91 Å². The van der Waals surface area contributed by atoms with Crippen molar-refractivity contribution in [1.29, 1.82) is 0 Å². The molecule has 0 aliphatic rings. The normalized spacial score (nSPS) is 10.3. The quantitative estimate of drug-likeness (QED) is 0.530. The van der Waals surface area contributed by atoms with Crippen LogP contribution in [0.15, 0.2) is 53.9 Å². The van der Waals surface area contributed by atoms with E-state index in [-0.39, 0.29) is 24.1 Å². The second-order valence-corrected chi connectivity index (χ2v) is 7.27. The molecule has 0 unspecified atom stereocenters. The Balaban J connectivity index is 1.50. The van der Waals surface area contributed by atoms with E-state index in [1.54, 1.807) is 29.6 Å². The lowest BCUT2D eigenvalue weighted by Crippen LogP contribution is -2.13. The smallest absolute Gasteiger partial charge is 0.257 e. The molecule has 0 saturated carbocycles. The lowest BCUT2D eigenvalue weighted by atomic mass is 10.2. The van der Waals surface area contributed by atoms with Gasteiger partial charge in [-0.3, -0.25) is 19.7 Å². The van der Waals surface area contributed by atoms with E-state index in [4.69, 9.17) is 0 Å². The summed E-state index contributed by atoms with van der Waals surface area (Å²) < 4.78 is 12.9. The average molecular weight is 426 g/mol. The molecule has 154 valence electrons. The third kappa shape index (κ3) is 6.21. The fourth-order valence-electron chi connectivity index (χ4n) is 2.59. The number of amides is 3. The SMILES string of the molecule is CC(=O)Nc1cccc(NC(=O)CCc2csc(NC(=O)c3ccc(F)cc3)n2)c1. The highest BCUT2D eigenvalue weighted by Gasteiger charge is 2.11. The molecule has 0 aliphatic carbocycles. The van der Waals surface area contributed by atoms with Crippen molar-refractivity contribution in [3.05, 3.63) is 71.0 Å². The number of nitrogens with zero attached hydrogens (tertiary/aromatic N) is 1. The summed E-state index contributed by atoms with van der Waals surface area (Å²) in [6.45, 7) is 1.41. The fraction of sp³-hybridized carbons (Fsp3) is 0.143. The van der Waals surface area contributed by atoms with Gasteiger partial charge in [-0.2, -0.15) is 0 Å². The standard InChI is InChI=1S/C21H19FN4O3S/c1-13(27)23-16-3-2-4-17(11-16)24-19(28)10-9-18-12-30-21(25-18)26-20(29)14-5-7-15(22)8-6-14/h2-8,11-12H,9-10H2,1H3,(H,23,27)(H,24,28)(H,25,26,29). The lowest BCUT2D eigenvalue weighted by molar-refractivity contribution is -0.116. The number of aryl methyl sites for hydroxylation is 1. The fourth-order valence-corrected chi connectivity index (χ4v) is 3.33. The number of hydrogen-bond acceptors (Lipinski definition) is 5. The number of aromatic nitrogens is 1. The zero-order valence-corrected chi connectivity index (χ0v) is 16.9. The molecule has 7 nitrogen and oxygen atoms in total. The van der Waals surface area contributed by atoms with E-state index in [1.807, 2.05) is 0 Å². The van der Waals surface area contributed by atoms with Crippen molar-refractivity contribution in [3.8, 4) is 0 Å². The molecule has 0 radical (unpaired) electrons. The van der Waals surface area contributed by atoms with Gasteiger partial charge in [-0.25, -0.2) is 9.37 Å². The third-order valence-electron chi connectivity index (χ3n) is 3.95. The van der Waals surface area contributed by atoms with Gasteiger partial charge in [0.05, 0.1) is 5.69 Å². The van der Waals surface area contributed by atoms with Crippen LogP contribution in [0, 0.1) is 5.82 Å². The second kappa shape index (κ2) is 9.75. The molecule has 9 heteroatoms. The minimum atomic E-state index is -0.414. The maximum Gasteiger partial charge on any atom is 0.257 e. The number of hydrogen-bond donors (Lipinski definition) is 3. The topological polar surface area (TPSA) is 100 Å². The van der Waals surface area contributed by atoms with Gasteiger partial charge in [-0.1, -0.05) is 6.07 Å². The molecule has 3 N–H and O–H groups in total. The molecule has 3 rings (SSSR count). The minimum Gasteiger partial charge on any atom is -0.326 e. The molecule has 1 heterocycles. The number of carbonyl (C=O) groups excluding carboxylic acids is 3. The summed E-state index contributed by atoms with van der Waals surface area (Å²) in [6, 6.07) is 12.1. The minimum absolute atomic E-state index is 0.190. The van der Waals surface area contributed by atoms with Crippen LogP contribution in [0.25, 0.3) is 0 Å². The predicted molar refractivity (Wildman–Crippen MR) is 114 cm³/mol. The first-order chi connectivity index (χ1) is 14.4. The van der Waals surface area contributed by atoms with Crippen LogP contribution < -0.4 is 16.0 Å². The van der Waals surface area contributed by atoms with Crippen molar-refractivity contribution in [1.82, 2.24) is 4.98 Å². The van der Waals surface area contributed by atoms with Crippen LogP contribution in [-0.4, -0.2) is 22.7 Å². The van der Waals surface area contributed by atoms with Crippen LogP contribution in [0.1, 0.15) is 29.4 Å². The molecule has 0 atom stereocenters. The first-order valence-corrected chi connectivity index (χ1v) is 9.96. The van der Waals surface area contributed by atoms with E-state index in [9.17, 15) is 18.8 Å². The molecule has 0 spiro atoms. The van der Waals surface area contributed by atoms with Crippen LogP contribution in [0.2, 0.25) is 0 Å². The van der Waals surface area contributed by atoms with Crippen molar-refractivity contribution >= 4 is 45.6 Å². The first kappa shape index (κ1) is 21.1. The molecule has 0 fully saturated rings. The van der Waals surface area contributed by atoms with Crippen molar-refractivity contribution in [2.75, 3.05) is 16.0 Å². The van der Waals surface area contributed by atoms with Gasteiger partial charge in [-0.05, 0) is 48.9 Å². The monoisotopic (exact) mass is 426 g/mol. The Hall–Kier alpha value is -3.59. The Labute approximate surface area is 176 Å². The summed E-state index contributed by atoms with van der Waals surface area (Å²) in [7, 11) is 0. The zero-order valence-electron chi connectivity index (χ0n) is 16.1. The maximum absolute atomic E-state index is 12.9. The van der Waals surface area contributed by atoms with Crippen LogP contribution in [-0.2, 0) is 16.0 Å². The van der Waals surface area contributed by atoms with Crippen LogP contribution >= 0.6 is 11.3 Å². The second-order valence-electron chi connectivity index (χ2n) is 6.42. The molecule has 0 saturated heterocycles. The summed E-state index contributed by atoms with van der Waals surface area (Å²) in [5.74, 6) is -1.18. The van der Waals surface area contributed by atoms with Gasteiger partial charge in [0.2, 0.25) is 11.8 Å². The summed E-state index contributed by atoms with van der Waals surface area (Å²) in [5, 5.41) is 10.3. The van der Waals surface area contributed by atoms with Crippen LogP contribution in [0.4, 0.5) is 20.9 Å². The maximum atomic E-state index is 12.9. The highest BCUT2D eigenvalue weighted by Crippen LogP contribution is 2.19. The number of thiazole rings is 1. The number of rotatable bonds is 7. The van der Waals surface area contributed by atoms with Crippen molar-refractivity contribution in [2.45, 2.75) is 19.8 Å². The number of benzene rings is 2. The van der Waals surface area contributed by atoms with Gasteiger partial charge in [0, 0.05) is 35.7 Å². The van der Waals surface area contributed by atoms with Crippen LogP contribution in [0.5, 0.6) is 0 Å². The van der Waals surface area contributed by atoms with Crippen molar-refractivity contribution in [3.63, 3.8) is 0 Å². The van der Waals surface area contributed by atoms with Gasteiger partial charge >= 0.3 is 0 Å². The Kier molecular flexibility index (Phi) is 6.87. The Morgan fingerprint density at radius 1 is 1.00 bits per heavy atom. The van der Waals surface area contributed by atoms with E-state index >= 15 is 0 Å². The number of carbonyl (C=O) groups is 3. The number of nitrogens with one attached hydrogen (secondary N) is 3. The highest BCUT2D eigenvalue weighted by atomic mass is 32.1. The van der Waals surface area contributed by atoms with Gasteiger partial charge in [0.15, 0.2) is 5.13 Å². The Morgan fingerprint density at radius 2 is 1.70 bits per heavy atom. The van der Waals surface area contributed by atoms with E-state index in [2.05, 4.69) is 20.9 Å². The van der Waals surface area contributed by atoms with Crippen molar-refractivity contribution < 1.29 is 18.8 Å². The summed E-state index contributed by atoms with van der Waals surface area (Å²) >= 11 is 1.25. The molecular weight excluding hydrogens is 407 g/mol. The Bertz CT molecular complexity index is 1070. The third-order valence-corrected chi connectivity index (χ3v) is 4.76. The van der Waals surface area contributed by atoms with E-state index < -0.39 is 5.82 Å². The highest BCUT2D eigenvalue weighted by molar-refractivity contribution is 7.14. The van der Waals surface area contributed by atoms with Crippen LogP contribution in [0.3, 0.4) is 0 Å². The molecule has 2 aromatic carbocycles. The number of anilines is 3. The van der Waals surface area contributed by atoms with Gasteiger partial charge in [0.1, 0.15) is 5.82 Å². The molecule has 1 aromatic heterocycles. The average Bonchev–Trinajstić information content (AvgIpc) is 3.14. The molecule has 3 aromatic rings. The lowest BCUT2D eigenvalue weighted by Gasteiger charge is -2.07. The van der Waals surface area contributed by atoms with E-state index in [0.29, 0.717) is 34.2 Å². The summed E-state index contributed by atoms with van der Waals surface area (Å²) in [5.41, 5.74) is 2.18. The number of halogens is 1. The predicted octanol–water partition coefficient (Wildman–Crippen LogP) is 4.06. The molecule has 3 amide bonds. The molecular formula is C21H19FN4O3S. The molecule has 0 bridgehead atoms. The molecule has 30 heavy (non-hydrogen) atoms. The molecule has 0 aliphatic heterocycles. The van der Waals surface area contributed by atoms with E-state index in [1.165, 1.54) is 42.5 Å². The first-order valence-electron chi connectivity index (χ1n) is 9.08.